The van der Waals surface area contributed by atoms with Crippen molar-refractivity contribution in [3.05, 3.63) is 218 Å². The average molecular weight is 741 g/mol. The number of ether oxygens (including phenoxy) is 1. The van der Waals surface area contributed by atoms with Crippen LogP contribution in [-0.4, -0.2) is 9.55 Å². The van der Waals surface area contributed by atoms with Gasteiger partial charge in [-0.1, -0.05) is 164 Å². The van der Waals surface area contributed by atoms with Crippen LogP contribution >= 0.6 is 0 Å². The Morgan fingerprint density at radius 1 is 0.345 bits per heavy atom. The van der Waals surface area contributed by atoms with Gasteiger partial charge in [0.1, 0.15) is 17.3 Å². The monoisotopic (exact) mass is 740 g/mol. The Hall–Kier alpha value is -7.75. The maximum Gasteiger partial charge on any atom is 0.145 e. The zero-order chi connectivity index (χ0) is 38.4. The van der Waals surface area contributed by atoms with Crippen LogP contribution in [0.15, 0.2) is 218 Å². The zero-order valence-electron chi connectivity index (χ0n) is 31.6. The van der Waals surface area contributed by atoms with Gasteiger partial charge in [-0.15, -0.1) is 0 Å². The summed E-state index contributed by atoms with van der Waals surface area (Å²) in [7, 11) is 0. The highest BCUT2D eigenvalue weighted by atomic mass is 16.5. The van der Waals surface area contributed by atoms with E-state index in [1.54, 1.807) is 0 Å². The van der Waals surface area contributed by atoms with Crippen LogP contribution in [0.5, 0.6) is 11.5 Å². The summed E-state index contributed by atoms with van der Waals surface area (Å²) < 4.78 is 8.52. The van der Waals surface area contributed by atoms with Gasteiger partial charge < -0.3 is 4.74 Å². The third-order valence-electron chi connectivity index (χ3n) is 11.2. The summed E-state index contributed by atoms with van der Waals surface area (Å²) in [6.45, 7) is 0. The molecule has 3 heteroatoms. The highest BCUT2D eigenvalue weighted by Crippen LogP contribution is 2.44. The predicted octanol–water partition coefficient (Wildman–Crippen LogP) is 14.9. The molecule has 11 rings (SSSR count). The fourth-order valence-electron chi connectivity index (χ4n) is 8.67. The summed E-state index contributed by atoms with van der Waals surface area (Å²) in [6.07, 6.45) is 0. The van der Waals surface area contributed by atoms with Gasteiger partial charge in [0.2, 0.25) is 0 Å². The van der Waals surface area contributed by atoms with Gasteiger partial charge in [-0.2, -0.15) is 0 Å². The topological polar surface area (TPSA) is 27.1 Å². The van der Waals surface area contributed by atoms with E-state index in [-0.39, 0.29) is 0 Å². The molecule has 0 spiro atoms. The number of hydrogen-bond donors (Lipinski definition) is 0. The van der Waals surface area contributed by atoms with E-state index in [9.17, 15) is 0 Å². The summed E-state index contributed by atoms with van der Waals surface area (Å²) in [4.78, 5) is 5.43. The second-order valence-electron chi connectivity index (χ2n) is 14.7. The Labute approximate surface area is 336 Å². The van der Waals surface area contributed by atoms with Crippen molar-refractivity contribution >= 4 is 43.4 Å². The number of hydrogen-bond acceptors (Lipinski definition) is 2. The van der Waals surface area contributed by atoms with Crippen molar-refractivity contribution in [2.24, 2.45) is 0 Å². The van der Waals surface area contributed by atoms with Crippen molar-refractivity contribution in [3.8, 4) is 62.0 Å². The van der Waals surface area contributed by atoms with E-state index < -0.39 is 0 Å². The van der Waals surface area contributed by atoms with E-state index >= 15 is 0 Å². The molecular formula is C55H36N2O. The first kappa shape index (κ1) is 33.6. The van der Waals surface area contributed by atoms with Crippen LogP contribution < -0.4 is 4.74 Å². The molecule has 0 unspecified atom stereocenters. The third-order valence-corrected chi connectivity index (χ3v) is 11.2. The molecular weight excluding hydrogens is 705 g/mol. The molecule has 0 radical (unpaired) electrons. The first-order chi connectivity index (χ1) is 28.8. The lowest BCUT2D eigenvalue weighted by molar-refractivity contribution is 0.483. The highest BCUT2D eigenvalue weighted by Gasteiger charge is 2.21. The molecule has 0 atom stereocenters. The molecule has 0 amide bonds. The number of fused-ring (bicyclic) bond motifs is 5. The largest absolute Gasteiger partial charge is 0.457 e. The van der Waals surface area contributed by atoms with Crippen LogP contribution in [0.2, 0.25) is 0 Å². The van der Waals surface area contributed by atoms with Gasteiger partial charge in [0.05, 0.1) is 11.0 Å². The minimum atomic E-state index is 0.775. The van der Waals surface area contributed by atoms with Crippen molar-refractivity contribution in [2.45, 2.75) is 0 Å². The second-order valence-corrected chi connectivity index (χ2v) is 14.7. The summed E-state index contributed by atoms with van der Waals surface area (Å²) in [5.41, 5.74) is 11.3. The van der Waals surface area contributed by atoms with Crippen LogP contribution in [0.1, 0.15) is 0 Å². The van der Waals surface area contributed by atoms with Gasteiger partial charge >= 0.3 is 0 Å². The Bertz CT molecular complexity index is 3200. The van der Waals surface area contributed by atoms with Crippen molar-refractivity contribution in [1.82, 2.24) is 9.55 Å². The molecule has 0 N–H and O–H groups in total. The average Bonchev–Trinajstić information content (AvgIpc) is 3.69. The molecule has 1 heterocycles. The molecule has 10 aromatic carbocycles. The Morgan fingerprint density at radius 3 is 1.34 bits per heavy atom. The number of nitrogens with zero attached hydrogens (tertiary/aromatic N) is 2. The molecule has 0 fully saturated rings. The molecule has 58 heavy (non-hydrogen) atoms. The fraction of sp³-hybridized carbons (Fsp3) is 0. The fourth-order valence-corrected chi connectivity index (χ4v) is 8.67. The van der Waals surface area contributed by atoms with Gasteiger partial charge in [-0.3, -0.25) is 4.57 Å². The summed E-state index contributed by atoms with van der Waals surface area (Å²) >= 11 is 0. The first-order valence-corrected chi connectivity index (χ1v) is 19.7. The maximum atomic E-state index is 6.19. The van der Waals surface area contributed by atoms with Crippen LogP contribution in [0.25, 0.3) is 93.8 Å². The van der Waals surface area contributed by atoms with Gasteiger partial charge in [0.25, 0.3) is 0 Å². The lowest BCUT2D eigenvalue weighted by atomic mass is 9.86. The van der Waals surface area contributed by atoms with Crippen molar-refractivity contribution < 1.29 is 4.74 Å². The number of benzene rings is 10. The van der Waals surface area contributed by atoms with Crippen molar-refractivity contribution in [2.75, 3.05) is 0 Å². The van der Waals surface area contributed by atoms with E-state index in [2.05, 4.69) is 180 Å². The van der Waals surface area contributed by atoms with E-state index in [0.29, 0.717) is 0 Å². The number of para-hydroxylation sites is 1. The minimum Gasteiger partial charge on any atom is -0.457 e. The van der Waals surface area contributed by atoms with Gasteiger partial charge in [0.15, 0.2) is 0 Å². The lowest BCUT2D eigenvalue weighted by Crippen LogP contribution is -1.99. The minimum absolute atomic E-state index is 0.775. The van der Waals surface area contributed by atoms with E-state index in [1.165, 1.54) is 60.3 Å². The van der Waals surface area contributed by atoms with Crippen molar-refractivity contribution in [3.63, 3.8) is 0 Å². The highest BCUT2D eigenvalue weighted by molar-refractivity contribution is 6.21. The molecule has 0 bridgehead atoms. The van der Waals surface area contributed by atoms with E-state index in [4.69, 9.17) is 9.72 Å². The summed E-state index contributed by atoms with van der Waals surface area (Å²) in [5, 5.41) is 7.30. The molecule has 272 valence electrons. The summed E-state index contributed by atoms with van der Waals surface area (Å²) in [5.74, 6) is 2.45. The standard InChI is InChI=1S/C55H36N2O/c1-4-16-37(17-5-1)50-36-51-54(49-27-15-10-22-44(49)50)57(55(56-51)40-30-34-43(35-31-40)58-42-20-8-3-9-21-42)41-32-28-39(29-33-41)53-47-25-13-11-23-45(47)52(38-18-6-2-7-19-38)46-24-12-14-26-48(46)53/h1-36H. The Morgan fingerprint density at radius 2 is 0.776 bits per heavy atom. The zero-order valence-corrected chi connectivity index (χ0v) is 31.6. The van der Waals surface area contributed by atoms with E-state index in [0.717, 1.165) is 45.0 Å². The van der Waals surface area contributed by atoms with Crippen LogP contribution in [0.4, 0.5) is 0 Å². The molecule has 0 aliphatic rings. The SMILES string of the molecule is c1ccc(Oc2ccc(-c3nc4cc(-c5ccccc5)c5ccccc5c4n3-c3ccc(-c4c5ccccc5c(-c5ccccc5)c5ccccc45)cc3)cc2)cc1. The van der Waals surface area contributed by atoms with Crippen LogP contribution in [0.3, 0.4) is 0 Å². The molecule has 0 aliphatic carbocycles. The Balaban J connectivity index is 1.11. The normalized spacial score (nSPS) is 11.4. The molecule has 3 nitrogen and oxygen atoms in total. The smallest absolute Gasteiger partial charge is 0.145 e. The van der Waals surface area contributed by atoms with Gasteiger partial charge in [-0.25, -0.2) is 4.98 Å². The molecule has 11 aromatic rings. The first-order valence-electron chi connectivity index (χ1n) is 19.7. The van der Waals surface area contributed by atoms with Gasteiger partial charge in [0, 0.05) is 16.6 Å². The number of imidazole rings is 1. The predicted molar refractivity (Wildman–Crippen MR) is 242 cm³/mol. The third kappa shape index (κ3) is 5.72. The van der Waals surface area contributed by atoms with Crippen LogP contribution in [-0.2, 0) is 0 Å². The summed E-state index contributed by atoms with van der Waals surface area (Å²) in [6, 6.07) is 77.2. The van der Waals surface area contributed by atoms with E-state index in [1.807, 2.05) is 42.5 Å². The number of aromatic nitrogens is 2. The second kappa shape index (κ2) is 14.1. The quantitative estimate of drug-likeness (QED) is 0.152. The number of rotatable bonds is 7. The van der Waals surface area contributed by atoms with Crippen LogP contribution in [0, 0.1) is 0 Å². The molecule has 0 saturated carbocycles. The lowest BCUT2D eigenvalue weighted by Gasteiger charge is -2.18. The molecule has 1 aromatic heterocycles. The maximum absolute atomic E-state index is 6.19. The van der Waals surface area contributed by atoms with Crippen molar-refractivity contribution in [1.29, 1.82) is 0 Å². The molecule has 0 saturated heterocycles. The van der Waals surface area contributed by atoms with Gasteiger partial charge in [-0.05, 0) is 115 Å². The molecule has 0 aliphatic heterocycles. The Kier molecular flexibility index (Phi) is 8.15.